The number of non-ortho nitro benzene ring substituents is 1. The SMILES string of the molecule is Cc1ccccc1C1(OC(=O)Oc2ccc([N+](=O)[O-])cc2)CC1. The third-order valence-electron chi connectivity index (χ3n) is 3.87. The Morgan fingerprint density at radius 3 is 2.35 bits per heavy atom. The summed E-state index contributed by atoms with van der Waals surface area (Å²) in [4.78, 5) is 22.1. The molecule has 2 aromatic rings. The van der Waals surface area contributed by atoms with Gasteiger partial charge in [0, 0.05) is 12.1 Å². The van der Waals surface area contributed by atoms with Crippen LogP contribution in [0.2, 0.25) is 0 Å². The lowest BCUT2D eigenvalue weighted by Gasteiger charge is -2.18. The quantitative estimate of drug-likeness (QED) is 0.367. The Morgan fingerprint density at radius 1 is 1.13 bits per heavy atom. The number of carbonyl (C=O) groups excluding carboxylic acids is 1. The molecule has 0 N–H and O–H groups in total. The van der Waals surface area contributed by atoms with E-state index in [-0.39, 0.29) is 11.4 Å². The lowest BCUT2D eigenvalue weighted by molar-refractivity contribution is -0.384. The average Bonchev–Trinajstić information content (AvgIpc) is 3.28. The molecule has 23 heavy (non-hydrogen) atoms. The van der Waals surface area contributed by atoms with E-state index in [1.807, 2.05) is 31.2 Å². The molecule has 0 aliphatic heterocycles. The van der Waals surface area contributed by atoms with Gasteiger partial charge in [-0.3, -0.25) is 10.1 Å². The van der Waals surface area contributed by atoms with Crippen LogP contribution < -0.4 is 4.74 Å². The predicted octanol–water partition coefficient (Wildman–Crippen LogP) is 4.11. The van der Waals surface area contributed by atoms with Gasteiger partial charge in [-0.1, -0.05) is 24.3 Å². The fourth-order valence-electron chi connectivity index (χ4n) is 2.54. The van der Waals surface area contributed by atoms with E-state index in [9.17, 15) is 14.9 Å². The molecule has 0 heterocycles. The van der Waals surface area contributed by atoms with Crippen molar-refractivity contribution in [2.45, 2.75) is 25.4 Å². The summed E-state index contributed by atoms with van der Waals surface area (Å²) < 4.78 is 10.6. The molecule has 118 valence electrons. The molecule has 0 saturated heterocycles. The first kappa shape index (κ1) is 15.0. The zero-order valence-corrected chi connectivity index (χ0v) is 12.5. The van der Waals surface area contributed by atoms with E-state index in [0.29, 0.717) is 0 Å². The molecule has 3 rings (SSSR count). The van der Waals surface area contributed by atoms with Crippen LogP contribution in [0.5, 0.6) is 5.75 Å². The molecule has 1 aliphatic carbocycles. The van der Waals surface area contributed by atoms with Gasteiger partial charge < -0.3 is 9.47 Å². The number of rotatable bonds is 4. The summed E-state index contributed by atoms with van der Waals surface area (Å²) in [5.74, 6) is 0.209. The highest BCUT2D eigenvalue weighted by atomic mass is 16.7. The number of benzene rings is 2. The van der Waals surface area contributed by atoms with E-state index < -0.39 is 16.7 Å². The fourth-order valence-corrected chi connectivity index (χ4v) is 2.54. The standard InChI is InChI=1S/C17H15NO5/c1-12-4-2-3-5-15(12)17(10-11-17)23-16(19)22-14-8-6-13(7-9-14)18(20)21/h2-9H,10-11H2,1H3. The van der Waals surface area contributed by atoms with Gasteiger partial charge in [0.2, 0.25) is 0 Å². The number of aryl methyl sites for hydroxylation is 1. The summed E-state index contributed by atoms with van der Waals surface area (Å²) in [7, 11) is 0. The van der Waals surface area contributed by atoms with Gasteiger partial charge in [0.1, 0.15) is 11.4 Å². The molecule has 0 unspecified atom stereocenters. The highest BCUT2D eigenvalue weighted by molar-refractivity contribution is 5.65. The van der Waals surface area contributed by atoms with Crippen LogP contribution in [0.3, 0.4) is 0 Å². The number of nitro benzene ring substituents is 1. The van der Waals surface area contributed by atoms with Gasteiger partial charge >= 0.3 is 6.16 Å². The molecule has 0 radical (unpaired) electrons. The van der Waals surface area contributed by atoms with Crippen molar-refractivity contribution in [2.75, 3.05) is 0 Å². The third kappa shape index (κ3) is 3.15. The molecular formula is C17H15NO5. The first-order valence-electron chi connectivity index (χ1n) is 7.22. The van der Waals surface area contributed by atoms with Gasteiger partial charge in [0.05, 0.1) is 4.92 Å². The minimum atomic E-state index is -0.806. The summed E-state index contributed by atoms with van der Waals surface area (Å²) in [6, 6.07) is 13.0. The second kappa shape index (κ2) is 5.72. The Bertz CT molecular complexity index is 750. The van der Waals surface area contributed by atoms with E-state index in [2.05, 4.69) is 0 Å². The Morgan fingerprint density at radius 2 is 1.78 bits per heavy atom. The zero-order chi connectivity index (χ0) is 16.4. The van der Waals surface area contributed by atoms with Crippen molar-refractivity contribution < 1.29 is 19.2 Å². The Labute approximate surface area is 132 Å². The van der Waals surface area contributed by atoms with E-state index in [0.717, 1.165) is 24.0 Å². The van der Waals surface area contributed by atoms with E-state index >= 15 is 0 Å². The Kier molecular flexibility index (Phi) is 3.73. The van der Waals surface area contributed by atoms with Gasteiger partial charge in [-0.25, -0.2) is 4.79 Å². The molecule has 2 aromatic carbocycles. The van der Waals surface area contributed by atoms with Crippen LogP contribution in [0.4, 0.5) is 10.5 Å². The van der Waals surface area contributed by atoms with Gasteiger partial charge in [-0.2, -0.15) is 0 Å². The lowest BCUT2D eigenvalue weighted by Crippen LogP contribution is -2.21. The summed E-state index contributed by atoms with van der Waals surface area (Å²) in [5.41, 5.74) is 1.38. The molecule has 0 amide bonds. The van der Waals surface area contributed by atoms with Crippen molar-refractivity contribution in [1.82, 2.24) is 0 Å². The molecule has 6 nitrogen and oxygen atoms in total. The highest BCUT2D eigenvalue weighted by Crippen LogP contribution is 2.50. The topological polar surface area (TPSA) is 78.7 Å². The third-order valence-corrected chi connectivity index (χ3v) is 3.87. The second-order valence-electron chi connectivity index (χ2n) is 5.51. The summed E-state index contributed by atoms with van der Waals surface area (Å²) in [6.07, 6.45) is 0.708. The van der Waals surface area contributed by atoms with Crippen LogP contribution in [-0.2, 0) is 10.3 Å². The monoisotopic (exact) mass is 313 g/mol. The van der Waals surface area contributed by atoms with Crippen LogP contribution in [0.25, 0.3) is 0 Å². The Balaban J connectivity index is 1.68. The highest BCUT2D eigenvalue weighted by Gasteiger charge is 2.50. The fraction of sp³-hybridized carbons (Fsp3) is 0.235. The number of carbonyl (C=O) groups is 1. The molecular weight excluding hydrogens is 298 g/mol. The maximum absolute atomic E-state index is 12.0. The summed E-state index contributed by atoms with van der Waals surface area (Å²) >= 11 is 0. The normalized spacial score (nSPS) is 14.8. The van der Waals surface area contributed by atoms with E-state index in [4.69, 9.17) is 9.47 Å². The van der Waals surface area contributed by atoms with Crippen molar-refractivity contribution in [3.8, 4) is 5.75 Å². The van der Waals surface area contributed by atoms with Gasteiger partial charge in [-0.05, 0) is 43.0 Å². The molecule has 0 aromatic heterocycles. The molecule has 1 aliphatic rings. The summed E-state index contributed by atoms with van der Waals surface area (Å²) in [6.45, 7) is 1.97. The van der Waals surface area contributed by atoms with Crippen LogP contribution in [0.15, 0.2) is 48.5 Å². The Hall–Kier alpha value is -2.89. The molecule has 6 heteroatoms. The van der Waals surface area contributed by atoms with Crippen LogP contribution in [0, 0.1) is 17.0 Å². The molecule has 1 fully saturated rings. The van der Waals surface area contributed by atoms with Crippen molar-refractivity contribution in [3.63, 3.8) is 0 Å². The van der Waals surface area contributed by atoms with Crippen LogP contribution in [0.1, 0.15) is 24.0 Å². The smallest absolute Gasteiger partial charge is 0.422 e. The van der Waals surface area contributed by atoms with Crippen LogP contribution >= 0.6 is 0 Å². The first-order valence-corrected chi connectivity index (χ1v) is 7.22. The minimum Gasteiger partial charge on any atom is -0.422 e. The van der Waals surface area contributed by atoms with E-state index in [1.54, 1.807) is 0 Å². The molecule has 0 atom stereocenters. The van der Waals surface area contributed by atoms with Crippen molar-refractivity contribution in [2.24, 2.45) is 0 Å². The maximum atomic E-state index is 12.0. The number of nitro groups is 1. The predicted molar refractivity (Wildman–Crippen MR) is 82.3 cm³/mol. The van der Waals surface area contributed by atoms with Crippen molar-refractivity contribution in [1.29, 1.82) is 0 Å². The van der Waals surface area contributed by atoms with Gasteiger partial charge in [-0.15, -0.1) is 0 Å². The van der Waals surface area contributed by atoms with Crippen molar-refractivity contribution in [3.05, 3.63) is 69.8 Å². The average molecular weight is 313 g/mol. The van der Waals surface area contributed by atoms with Crippen molar-refractivity contribution >= 4 is 11.8 Å². The molecule has 0 spiro atoms. The number of hydrogen-bond acceptors (Lipinski definition) is 5. The number of nitrogens with zero attached hydrogens (tertiary/aromatic N) is 1. The molecule has 0 bridgehead atoms. The molecule has 1 saturated carbocycles. The maximum Gasteiger partial charge on any atom is 0.514 e. The van der Waals surface area contributed by atoms with Gasteiger partial charge in [0.15, 0.2) is 0 Å². The zero-order valence-electron chi connectivity index (χ0n) is 12.5. The largest absolute Gasteiger partial charge is 0.514 e. The minimum absolute atomic E-state index is 0.0655. The first-order chi connectivity index (χ1) is 11.0. The lowest BCUT2D eigenvalue weighted by atomic mass is 10.0. The number of ether oxygens (including phenoxy) is 2. The van der Waals surface area contributed by atoms with Gasteiger partial charge in [0.25, 0.3) is 5.69 Å². The van der Waals surface area contributed by atoms with Crippen LogP contribution in [-0.4, -0.2) is 11.1 Å². The second-order valence-corrected chi connectivity index (χ2v) is 5.51. The van der Waals surface area contributed by atoms with E-state index in [1.165, 1.54) is 24.3 Å². The number of hydrogen-bond donors (Lipinski definition) is 0. The summed E-state index contributed by atoms with van der Waals surface area (Å²) in [5, 5.41) is 10.6.